The molecule has 1 saturated carbocycles. The molecule has 0 bridgehead atoms. The van der Waals surface area contributed by atoms with Crippen molar-refractivity contribution in [3.63, 3.8) is 0 Å². The van der Waals surface area contributed by atoms with Crippen LogP contribution in [0.1, 0.15) is 26.2 Å². The number of urea groups is 1. The number of carbonyl (C=O) groups excluding carboxylic acids is 2. The number of carbonyl (C=O) groups is 2. The van der Waals surface area contributed by atoms with Crippen molar-refractivity contribution in [2.45, 2.75) is 26.2 Å². The van der Waals surface area contributed by atoms with E-state index in [1.54, 1.807) is 0 Å². The van der Waals surface area contributed by atoms with E-state index in [4.69, 9.17) is 5.73 Å². The Hall–Kier alpha value is -1.06. The first-order chi connectivity index (χ1) is 5.61. The summed E-state index contributed by atoms with van der Waals surface area (Å²) in [6.45, 7) is 2.03. The van der Waals surface area contributed by atoms with Crippen LogP contribution in [-0.2, 0) is 4.79 Å². The second-order valence-electron chi connectivity index (χ2n) is 3.37. The Morgan fingerprint density at radius 3 is 2.50 bits per heavy atom. The number of imide groups is 1. The zero-order valence-corrected chi connectivity index (χ0v) is 7.17. The van der Waals surface area contributed by atoms with Gasteiger partial charge in [0.05, 0.1) is 0 Å². The Labute approximate surface area is 71.5 Å². The Balaban J connectivity index is 2.46. The van der Waals surface area contributed by atoms with Crippen molar-refractivity contribution in [3.8, 4) is 0 Å². The number of nitrogens with two attached hydrogens (primary N) is 1. The molecule has 4 heteroatoms. The maximum Gasteiger partial charge on any atom is 0.318 e. The predicted octanol–water partition coefficient (Wildman–Crippen LogP) is 0.618. The van der Waals surface area contributed by atoms with E-state index in [9.17, 15) is 9.59 Å². The summed E-state index contributed by atoms with van der Waals surface area (Å²) in [6.07, 6.45) is 3.01. The zero-order valence-electron chi connectivity index (χ0n) is 7.17. The molecule has 1 aliphatic carbocycles. The highest BCUT2D eigenvalue weighted by Gasteiger charge is 2.29. The topological polar surface area (TPSA) is 72.2 Å². The third-order valence-corrected chi connectivity index (χ3v) is 2.44. The van der Waals surface area contributed by atoms with Gasteiger partial charge in [-0.1, -0.05) is 13.3 Å². The normalized spacial score (nSPS) is 28.4. The maximum absolute atomic E-state index is 11.3. The summed E-state index contributed by atoms with van der Waals surface area (Å²) < 4.78 is 0. The lowest BCUT2D eigenvalue weighted by atomic mass is 9.97. The molecule has 1 aliphatic rings. The summed E-state index contributed by atoms with van der Waals surface area (Å²) in [7, 11) is 0. The van der Waals surface area contributed by atoms with Crippen LogP contribution in [0.5, 0.6) is 0 Å². The van der Waals surface area contributed by atoms with E-state index in [0.29, 0.717) is 5.92 Å². The van der Waals surface area contributed by atoms with Gasteiger partial charge in [-0.3, -0.25) is 10.1 Å². The van der Waals surface area contributed by atoms with Gasteiger partial charge in [0.2, 0.25) is 5.91 Å². The van der Waals surface area contributed by atoms with Gasteiger partial charge in [-0.25, -0.2) is 4.79 Å². The van der Waals surface area contributed by atoms with Crippen LogP contribution in [0.2, 0.25) is 0 Å². The smallest absolute Gasteiger partial charge is 0.318 e. The molecule has 68 valence electrons. The minimum atomic E-state index is -0.751. The van der Waals surface area contributed by atoms with E-state index in [1.807, 2.05) is 6.92 Å². The number of amides is 3. The third-order valence-electron chi connectivity index (χ3n) is 2.44. The molecule has 12 heavy (non-hydrogen) atoms. The van der Waals surface area contributed by atoms with Gasteiger partial charge in [-0.2, -0.15) is 0 Å². The Bertz CT molecular complexity index is 203. The molecule has 4 nitrogen and oxygen atoms in total. The Morgan fingerprint density at radius 2 is 2.08 bits per heavy atom. The molecule has 0 aromatic carbocycles. The van der Waals surface area contributed by atoms with E-state index in [2.05, 4.69) is 5.32 Å². The fourth-order valence-electron chi connectivity index (χ4n) is 1.75. The third kappa shape index (κ3) is 1.96. The number of hydrogen-bond donors (Lipinski definition) is 2. The molecule has 3 N–H and O–H groups in total. The zero-order chi connectivity index (χ0) is 9.14. The van der Waals surface area contributed by atoms with Crippen molar-refractivity contribution in [1.82, 2.24) is 5.32 Å². The molecule has 0 aromatic heterocycles. The fourth-order valence-corrected chi connectivity index (χ4v) is 1.75. The van der Waals surface area contributed by atoms with E-state index >= 15 is 0 Å². The lowest BCUT2D eigenvalue weighted by Crippen LogP contribution is -2.39. The molecule has 0 aromatic rings. The summed E-state index contributed by atoms with van der Waals surface area (Å²) >= 11 is 0. The van der Waals surface area contributed by atoms with Crippen molar-refractivity contribution in [2.24, 2.45) is 17.6 Å². The van der Waals surface area contributed by atoms with E-state index in [0.717, 1.165) is 19.3 Å². The van der Waals surface area contributed by atoms with Crippen molar-refractivity contribution >= 4 is 11.9 Å². The SMILES string of the molecule is CC1CCCC1C(=O)NC(N)=O. The summed E-state index contributed by atoms with van der Waals surface area (Å²) in [5.41, 5.74) is 4.84. The number of nitrogens with one attached hydrogen (secondary N) is 1. The van der Waals surface area contributed by atoms with Gasteiger partial charge < -0.3 is 5.73 Å². The molecule has 0 radical (unpaired) electrons. The molecule has 1 rings (SSSR count). The van der Waals surface area contributed by atoms with E-state index < -0.39 is 6.03 Å². The summed E-state index contributed by atoms with van der Waals surface area (Å²) in [6, 6.07) is -0.751. The number of primary amides is 1. The highest BCUT2D eigenvalue weighted by Crippen LogP contribution is 2.30. The van der Waals surface area contributed by atoms with Crippen molar-refractivity contribution in [2.75, 3.05) is 0 Å². The van der Waals surface area contributed by atoms with Crippen LogP contribution in [0.15, 0.2) is 0 Å². The maximum atomic E-state index is 11.3. The highest BCUT2D eigenvalue weighted by molar-refractivity contribution is 5.94. The summed E-state index contributed by atoms with van der Waals surface area (Å²) in [4.78, 5) is 21.6. The predicted molar refractivity (Wildman–Crippen MR) is 44.2 cm³/mol. The van der Waals surface area contributed by atoms with Crippen molar-refractivity contribution in [1.29, 1.82) is 0 Å². The second-order valence-corrected chi connectivity index (χ2v) is 3.37. The minimum absolute atomic E-state index is 0.0162. The highest BCUT2D eigenvalue weighted by atomic mass is 16.2. The average Bonchev–Trinajstić information content (AvgIpc) is 2.33. The molecule has 0 spiro atoms. The van der Waals surface area contributed by atoms with Crippen molar-refractivity contribution in [3.05, 3.63) is 0 Å². The van der Waals surface area contributed by atoms with Crippen LogP contribution in [0.25, 0.3) is 0 Å². The molecule has 2 atom stereocenters. The van der Waals surface area contributed by atoms with Crippen LogP contribution >= 0.6 is 0 Å². The first-order valence-electron chi connectivity index (χ1n) is 4.21. The molecule has 0 heterocycles. The molecule has 0 saturated heterocycles. The molecular formula is C8H14N2O2. The molecule has 0 aliphatic heterocycles. The van der Waals surface area contributed by atoms with Crippen LogP contribution in [0.3, 0.4) is 0 Å². The molecule has 3 amide bonds. The lowest BCUT2D eigenvalue weighted by Gasteiger charge is -2.12. The lowest BCUT2D eigenvalue weighted by molar-refractivity contribution is -0.124. The number of rotatable bonds is 1. The molecular weight excluding hydrogens is 156 g/mol. The van der Waals surface area contributed by atoms with Crippen LogP contribution < -0.4 is 11.1 Å². The van der Waals surface area contributed by atoms with Crippen molar-refractivity contribution < 1.29 is 9.59 Å². The molecule has 2 unspecified atom stereocenters. The van der Waals surface area contributed by atoms with Gasteiger partial charge in [0, 0.05) is 5.92 Å². The van der Waals surface area contributed by atoms with Gasteiger partial charge in [0.1, 0.15) is 0 Å². The second kappa shape index (κ2) is 3.56. The quantitative estimate of drug-likeness (QED) is 0.605. The van der Waals surface area contributed by atoms with Gasteiger partial charge in [0.25, 0.3) is 0 Å². The van der Waals surface area contributed by atoms with Gasteiger partial charge in [-0.15, -0.1) is 0 Å². The first-order valence-corrected chi connectivity index (χ1v) is 4.21. The largest absolute Gasteiger partial charge is 0.351 e. The van der Waals surface area contributed by atoms with Crippen LogP contribution in [0.4, 0.5) is 4.79 Å². The first kappa shape index (κ1) is 9.03. The Kier molecular flexibility index (Phi) is 2.68. The minimum Gasteiger partial charge on any atom is -0.351 e. The standard InChI is InChI=1S/C8H14N2O2/c1-5-3-2-4-6(5)7(11)10-8(9)12/h5-6H,2-4H2,1H3,(H3,9,10,11,12). The van der Waals surface area contributed by atoms with Gasteiger partial charge in [-0.05, 0) is 18.8 Å². The van der Waals surface area contributed by atoms with Crippen LogP contribution in [-0.4, -0.2) is 11.9 Å². The Morgan fingerprint density at radius 1 is 1.42 bits per heavy atom. The van der Waals surface area contributed by atoms with E-state index in [-0.39, 0.29) is 11.8 Å². The summed E-state index contributed by atoms with van der Waals surface area (Å²) in [5, 5.41) is 2.12. The van der Waals surface area contributed by atoms with Gasteiger partial charge in [0.15, 0.2) is 0 Å². The fraction of sp³-hybridized carbons (Fsp3) is 0.750. The number of hydrogen-bond acceptors (Lipinski definition) is 2. The average molecular weight is 170 g/mol. The monoisotopic (exact) mass is 170 g/mol. The van der Waals surface area contributed by atoms with E-state index in [1.165, 1.54) is 0 Å². The van der Waals surface area contributed by atoms with Gasteiger partial charge >= 0.3 is 6.03 Å². The van der Waals surface area contributed by atoms with Crippen LogP contribution in [0, 0.1) is 11.8 Å². The molecule has 1 fully saturated rings. The summed E-state index contributed by atoms with van der Waals surface area (Å²) in [5.74, 6) is 0.148.